The van der Waals surface area contributed by atoms with Crippen LogP contribution in [-0.2, 0) is 19.9 Å². The van der Waals surface area contributed by atoms with Gasteiger partial charge >= 0.3 is 0 Å². The molecule has 0 spiro atoms. The van der Waals surface area contributed by atoms with E-state index in [0.29, 0.717) is 6.04 Å². The fourth-order valence-corrected chi connectivity index (χ4v) is 2.84. The number of benzene rings is 1. The molecule has 2 heterocycles. The molecule has 0 aliphatic carbocycles. The van der Waals surface area contributed by atoms with Gasteiger partial charge in [0.1, 0.15) is 0 Å². The quantitative estimate of drug-likeness (QED) is 0.913. The zero-order chi connectivity index (χ0) is 13.2. The van der Waals surface area contributed by atoms with Gasteiger partial charge in [-0.15, -0.1) is 0 Å². The van der Waals surface area contributed by atoms with Crippen LogP contribution in [0.1, 0.15) is 29.7 Å². The van der Waals surface area contributed by atoms with Crippen molar-refractivity contribution in [2.75, 3.05) is 5.32 Å². The second-order valence-electron chi connectivity index (χ2n) is 5.45. The smallest absolute Gasteiger partial charge is 0.0524 e. The standard InChI is InChI=1S/C16H21N3/c1-12-14(11-17-19(12)2)8-10-15-9-7-13-5-3-4-6-16(13)18-15/h3-6,11,15,18H,7-10H2,1-2H3. The maximum Gasteiger partial charge on any atom is 0.0524 e. The summed E-state index contributed by atoms with van der Waals surface area (Å²) in [6.07, 6.45) is 6.72. The van der Waals surface area contributed by atoms with Crippen LogP contribution in [0.2, 0.25) is 0 Å². The summed E-state index contributed by atoms with van der Waals surface area (Å²) in [6.45, 7) is 2.14. The highest BCUT2D eigenvalue weighted by atomic mass is 15.3. The van der Waals surface area contributed by atoms with Crippen LogP contribution < -0.4 is 5.32 Å². The van der Waals surface area contributed by atoms with Gasteiger partial charge in [0.05, 0.1) is 6.20 Å². The van der Waals surface area contributed by atoms with Gasteiger partial charge in [-0.25, -0.2) is 0 Å². The van der Waals surface area contributed by atoms with E-state index in [-0.39, 0.29) is 0 Å². The van der Waals surface area contributed by atoms with Crippen molar-refractivity contribution in [1.29, 1.82) is 0 Å². The summed E-state index contributed by atoms with van der Waals surface area (Å²) in [5.41, 5.74) is 5.44. The van der Waals surface area contributed by atoms with Gasteiger partial charge in [0.25, 0.3) is 0 Å². The van der Waals surface area contributed by atoms with Gasteiger partial charge in [-0.2, -0.15) is 5.10 Å². The van der Waals surface area contributed by atoms with E-state index in [9.17, 15) is 0 Å². The van der Waals surface area contributed by atoms with Crippen molar-refractivity contribution in [1.82, 2.24) is 9.78 Å². The fraction of sp³-hybridized carbons (Fsp3) is 0.438. The van der Waals surface area contributed by atoms with Crippen LogP contribution in [0.25, 0.3) is 0 Å². The van der Waals surface area contributed by atoms with Crippen LogP contribution >= 0.6 is 0 Å². The first kappa shape index (κ1) is 12.3. The average molecular weight is 255 g/mol. The molecule has 0 saturated carbocycles. The normalized spacial score (nSPS) is 17.9. The number of nitrogens with one attached hydrogen (secondary N) is 1. The molecule has 3 heteroatoms. The van der Waals surface area contributed by atoms with Gasteiger partial charge in [0.15, 0.2) is 0 Å². The van der Waals surface area contributed by atoms with E-state index >= 15 is 0 Å². The molecule has 1 aromatic carbocycles. The van der Waals surface area contributed by atoms with Gasteiger partial charge in [-0.05, 0) is 49.8 Å². The number of anilines is 1. The van der Waals surface area contributed by atoms with Crippen molar-refractivity contribution in [3.8, 4) is 0 Å². The summed E-state index contributed by atoms with van der Waals surface area (Å²) in [6, 6.07) is 9.24. The fourth-order valence-electron chi connectivity index (χ4n) is 2.84. The molecule has 0 radical (unpaired) electrons. The molecule has 0 amide bonds. The highest BCUT2D eigenvalue weighted by Crippen LogP contribution is 2.26. The van der Waals surface area contributed by atoms with Gasteiger partial charge in [0, 0.05) is 24.5 Å². The number of aromatic nitrogens is 2. The van der Waals surface area contributed by atoms with E-state index in [4.69, 9.17) is 0 Å². The largest absolute Gasteiger partial charge is 0.382 e. The topological polar surface area (TPSA) is 29.9 Å². The minimum Gasteiger partial charge on any atom is -0.382 e. The van der Waals surface area contributed by atoms with Crippen molar-refractivity contribution in [2.45, 2.75) is 38.6 Å². The molecule has 2 aromatic rings. The molecule has 1 aromatic heterocycles. The lowest BCUT2D eigenvalue weighted by Crippen LogP contribution is -2.25. The van der Waals surface area contributed by atoms with Crippen molar-refractivity contribution >= 4 is 5.69 Å². The summed E-state index contributed by atoms with van der Waals surface area (Å²) >= 11 is 0. The van der Waals surface area contributed by atoms with Crippen molar-refractivity contribution in [3.05, 3.63) is 47.3 Å². The molecule has 1 aliphatic heterocycles. The molecule has 3 nitrogen and oxygen atoms in total. The first-order valence-electron chi connectivity index (χ1n) is 7.06. The van der Waals surface area contributed by atoms with E-state index in [1.54, 1.807) is 0 Å². The maximum absolute atomic E-state index is 4.31. The molecule has 0 fully saturated rings. The molecule has 19 heavy (non-hydrogen) atoms. The highest BCUT2D eigenvalue weighted by Gasteiger charge is 2.17. The predicted molar refractivity (Wildman–Crippen MR) is 78.4 cm³/mol. The SMILES string of the molecule is Cc1c(CCC2CCc3ccccc3N2)cnn1C. The lowest BCUT2D eigenvalue weighted by atomic mass is 9.94. The summed E-state index contributed by atoms with van der Waals surface area (Å²) in [7, 11) is 2.01. The van der Waals surface area contributed by atoms with Crippen LogP contribution in [0.3, 0.4) is 0 Å². The maximum atomic E-state index is 4.31. The number of hydrogen-bond acceptors (Lipinski definition) is 2. The second-order valence-corrected chi connectivity index (χ2v) is 5.45. The Hall–Kier alpha value is -1.77. The minimum atomic E-state index is 0.592. The summed E-state index contributed by atoms with van der Waals surface area (Å²) in [5.74, 6) is 0. The van der Waals surface area contributed by atoms with E-state index in [1.807, 2.05) is 17.9 Å². The van der Waals surface area contributed by atoms with E-state index in [1.165, 1.54) is 41.8 Å². The van der Waals surface area contributed by atoms with Crippen molar-refractivity contribution < 1.29 is 0 Å². The van der Waals surface area contributed by atoms with Crippen LogP contribution in [0.4, 0.5) is 5.69 Å². The summed E-state index contributed by atoms with van der Waals surface area (Å²) in [4.78, 5) is 0. The number of nitrogens with zero attached hydrogens (tertiary/aromatic N) is 2. The molecule has 3 rings (SSSR count). The zero-order valence-corrected chi connectivity index (χ0v) is 11.7. The first-order valence-corrected chi connectivity index (χ1v) is 7.06. The molecule has 1 N–H and O–H groups in total. The third kappa shape index (κ3) is 2.50. The Labute approximate surface area is 114 Å². The Bertz CT molecular complexity index is 571. The summed E-state index contributed by atoms with van der Waals surface area (Å²) < 4.78 is 1.96. The Morgan fingerprint density at radius 2 is 2.21 bits per heavy atom. The van der Waals surface area contributed by atoms with Gasteiger partial charge in [0.2, 0.25) is 0 Å². The van der Waals surface area contributed by atoms with E-state index in [0.717, 1.165) is 6.42 Å². The molecule has 1 unspecified atom stereocenters. The zero-order valence-electron chi connectivity index (χ0n) is 11.7. The van der Waals surface area contributed by atoms with Crippen LogP contribution in [0.15, 0.2) is 30.5 Å². The van der Waals surface area contributed by atoms with Crippen molar-refractivity contribution in [2.24, 2.45) is 7.05 Å². The highest BCUT2D eigenvalue weighted by molar-refractivity contribution is 5.53. The lowest BCUT2D eigenvalue weighted by Gasteiger charge is -2.27. The number of para-hydroxylation sites is 1. The molecular weight excluding hydrogens is 234 g/mol. The predicted octanol–water partition coefficient (Wildman–Crippen LogP) is 3.09. The van der Waals surface area contributed by atoms with Crippen molar-refractivity contribution in [3.63, 3.8) is 0 Å². The Balaban J connectivity index is 1.62. The van der Waals surface area contributed by atoms with Crippen LogP contribution in [0, 0.1) is 6.92 Å². The van der Waals surface area contributed by atoms with Gasteiger partial charge < -0.3 is 5.32 Å². The molecule has 100 valence electrons. The van der Waals surface area contributed by atoms with E-state index < -0.39 is 0 Å². The Morgan fingerprint density at radius 3 is 3.00 bits per heavy atom. The Morgan fingerprint density at radius 1 is 1.37 bits per heavy atom. The van der Waals surface area contributed by atoms with Crippen LogP contribution in [-0.4, -0.2) is 15.8 Å². The average Bonchev–Trinajstić information content (AvgIpc) is 2.76. The van der Waals surface area contributed by atoms with Gasteiger partial charge in [-0.3, -0.25) is 4.68 Å². The third-order valence-corrected chi connectivity index (χ3v) is 4.24. The third-order valence-electron chi connectivity index (χ3n) is 4.24. The lowest BCUT2D eigenvalue weighted by molar-refractivity contribution is 0.585. The van der Waals surface area contributed by atoms with E-state index in [2.05, 4.69) is 41.6 Å². The number of hydrogen-bond donors (Lipinski definition) is 1. The number of aryl methyl sites for hydroxylation is 3. The Kier molecular flexibility index (Phi) is 3.28. The molecule has 0 saturated heterocycles. The molecule has 0 bridgehead atoms. The monoisotopic (exact) mass is 255 g/mol. The molecular formula is C16H21N3. The molecule has 1 atom stereocenters. The minimum absolute atomic E-state index is 0.592. The molecule has 1 aliphatic rings. The van der Waals surface area contributed by atoms with Crippen LogP contribution in [0.5, 0.6) is 0 Å². The number of fused-ring (bicyclic) bond motifs is 1. The number of rotatable bonds is 3. The summed E-state index contributed by atoms with van der Waals surface area (Å²) in [5, 5.41) is 7.98. The van der Waals surface area contributed by atoms with Gasteiger partial charge in [-0.1, -0.05) is 18.2 Å². The first-order chi connectivity index (χ1) is 9.24. The second kappa shape index (κ2) is 5.08.